The van der Waals surface area contributed by atoms with Gasteiger partial charge < -0.3 is 16.0 Å². The van der Waals surface area contributed by atoms with E-state index in [1.54, 1.807) is 12.5 Å². The Hall–Kier alpha value is -2.67. The maximum absolute atomic E-state index is 6.29. The number of nitrogens with one attached hydrogen (secondary N) is 2. The molecule has 3 heterocycles. The SMILES string of the molecule is Nc1cccc(N2CCNCC2)c1-c1ncnc2[nH]ncc12. The first-order valence-corrected chi connectivity index (χ1v) is 7.33. The molecule has 0 atom stereocenters. The van der Waals surface area contributed by atoms with Crippen LogP contribution in [-0.4, -0.2) is 46.3 Å². The van der Waals surface area contributed by atoms with Gasteiger partial charge in [0.1, 0.15) is 6.33 Å². The Bertz CT molecular complexity index is 805. The van der Waals surface area contributed by atoms with Crippen LogP contribution in [0.2, 0.25) is 0 Å². The van der Waals surface area contributed by atoms with Crippen molar-refractivity contribution in [2.24, 2.45) is 0 Å². The van der Waals surface area contributed by atoms with Crippen molar-refractivity contribution in [2.45, 2.75) is 0 Å². The van der Waals surface area contributed by atoms with E-state index in [0.717, 1.165) is 59.8 Å². The highest BCUT2D eigenvalue weighted by atomic mass is 15.2. The van der Waals surface area contributed by atoms with Gasteiger partial charge in [0, 0.05) is 43.1 Å². The van der Waals surface area contributed by atoms with Gasteiger partial charge in [-0.25, -0.2) is 9.97 Å². The van der Waals surface area contributed by atoms with Crippen molar-refractivity contribution in [2.75, 3.05) is 36.8 Å². The monoisotopic (exact) mass is 295 g/mol. The second-order valence-corrected chi connectivity index (χ2v) is 5.33. The number of nitrogen functional groups attached to an aromatic ring is 1. The van der Waals surface area contributed by atoms with E-state index in [0.29, 0.717) is 0 Å². The van der Waals surface area contributed by atoms with E-state index in [1.807, 2.05) is 12.1 Å². The zero-order valence-corrected chi connectivity index (χ0v) is 12.1. The Labute approximate surface area is 127 Å². The van der Waals surface area contributed by atoms with E-state index < -0.39 is 0 Å². The normalized spacial score (nSPS) is 15.4. The molecular weight excluding hydrogens is 278 g/mol. The lowest BCUT2D eigenvalue weighted by Gasteiger charge is -2.31. The van der Waals surface area contributed by atoms with Gasteiger partial charge in [-0.15, -0.1) is 0 Å². The minimum atomic E-state index is 0.720. The molecule has 112 valence electrons. The average Bonchev–Trinajstić information content (AvgIpc) is 3.04. The van der Waals surface area contributed by atoms with E-state index in [1.165, 1.54) is 0 Å². The van der Waals surface area contributed by atoms with Crippen molar-refractivity contribution in [3.63, 3.8) is 0 Å². The fourth-order valence-corrected chi connectivity index (χ4v) is 2.95. The number of piperazine rings is 1. The highest BCUT2D eigenvalue weighted by Gasteiger charge is 2.20. The molecule has 4 rings (SSSR count). The third-order valence-electron chi connectivity index (χ3n) is 4.02. The number of anilines is 2. The largest absolute Gasteiger partial charge is 0.398 e. The molecule has 1 saturated heterocycles. The predicted octanol–water partition coefficient (Wildman–Crippen LogP) is 1.01. The molecule has 0 amide bonds. The summed E-state index contributed by atoms with van der Waals surface area (Å²) in [5.41, 5.74) is 10.6. The minimum Gasteiger partial charge on any atom is -0.398 e. The number of hydrogen-bond acceptors (Lipinski definition) is 6. The van der Waals surface area contributed by atoms with E-state index in [4.69, 9.17) is 5.73 Å². The van der Waals surface area contributed by atoms with E-state index in [-0.39, 0.29) is 0 Å². The van der Waals surface area contributed by atoms with Gasteiger partial charge in [-0.3, -0.25) is 5.10 Å². The quantitative estimate of drug-likeness (QED) is 0.611. The first kappa shape index (κ1) is 13.0. The van der Waals surface area contributed by atoms with E-state index in [9.17, 15) is 0 Å². The average molecular weight is 295 g/mol. The van der Waals surface area contributed by atoms with Crippen LogP contribution < -0.4 is 16.0 Å². The van der Waals surface area contributed by atoms with Gasteiger partial charge in [-0.2, -0.15) is 5.10 Å². The standard InChI is InChI=1S/C15H17N7/c16-11-2-1-3-12(22-6-4-17-5-7-22)13(11)14-10-8-20-21-15(10)19-9-18-14/h1-3,8-9,17H,4-7,16H2,(H,18,19,20,21). The van der Waals surface area contributed by atoms with E-state index in [2.05, 4.69) is 36.4 Å². The maximum Gasteiger partial charge on any atom is 0.159 e. The van der Waals surface area contributed by atoms with Crippen molar-refractivity contribution >= 4 is 22.4 Å². The highest BCUT2D eigenvalue weighted by Crippen LogP contribution is 2.37. The zero-order valence-electron chi connectivity index (χ0n) is 12.1. The number of benzene rings is 1. The van der Waals surface area contributed by atoms with Crippen molar-refractivity contribution in [3.05, 3.63) is 30.7 Å². The molecule has 1 aliphatic rings. The summed E-state index contributed by atoms with van der Waals surface area (Å²) < 4.78 is 0. The number of aromatic nitrogens is 4. The van der Waals surface area contributed by atoms with Gasteiger partial charge in [0.2, 0.25) is 0 Å². The van der Waals surface area contributed by atoms with Crippen LogP contribution in [0.15, 0.2) is 30.7 Å². The summed E-state index contributed by atoms with van der Waals surface area (Å²) in [6.45, 7) is 3.85. The summed E-state index contributed by atoms with van der Waals surface area (Å²) in [6.07, 6.45) is 3.29. The maximum atomic E-state index is 6.29. The molecule has 0 spiro atoms. The van der Waals surface area contributed by atoms with Gasteiger partial charge in [0.25, 0.3) is 0 Å². The summed E-state index contributed by atoms with van der Waals surface area (Å²) in [6, 6.07) is 6.00. The van der Waals surface area contributed by atoms with Crippen molar-refractivity contribution in [1.29, 1.82) is 0 Å². The summed E-state index contributed by atoms with van der Waals surface area (Å²) >= 11 is 0. The van der Waals surface area contributed by atoms with Crippen LogP contribution >= 0.6 is 0 Å². The van der Waals surface area contributed by atoms with Crippen molar-refractivity contribution < 1.29 is 0 Å². The molecule has 0 saturated carbocycles. The molecule has 4 N–H and O–H groups in total. The number of aromatic amines is 1. The molecular formula is C15H17N7. The van der Waals surface area contributed by atoms with Crippen LogP contribution in [0.4, 0.5) is 11.4 Å². The number of nitrogens with two attached hydrogens (primary N) is 1. The third-order valence-corrected chi connectivity index (χ3v) is 4.02. The smallest absolute Gasteiger partial charge is 0.159 e. The molecule has 1 aliphatic heterocycles. The van der Waals surface area contributed by atoms with Gasteiger partial charge in [0.15, 0.2) is 5.65 Å². The molecule has 0 radical (unpaired) electrons. The molecule has 0 unspecified atom stereocenters. The number of nitrogens with zero attached hydrogens (tertiary/aromatic N) is 4. The molecule has 7 nitrogen and oxygen atoms in total. The van der Waals surface area contributed by atoms with Gasteiger partial charge in [0.05, 0.1) is 17.3 Å². The molecule has 0 bridgehead atoms. The van der Waals surface area contributed by atoms with Crippen molar-refractivity contribution in [3.8, 4) is 11.3 Å². The van der Waals surface area contributed by atoms with Crippen LogP contribution in [0.1, 0.15) is 0 Å². The zero-order chi connectivity index (χ0) is 14.9. The van der Waals surface area contributed by atoms with Crippen LogP contribution in [-0.2, 0) is 0 Å². The number of fused-ring (bicyclic) bond motifs is 1. The highest BCUT2D eigenvalue weighted by molar-refractivity contribution is 5.98. The molecule has 1 fully saturated rings. The first-order chi connectivity index (χ1) is 10.8. The molecule has 2 aromatic heterocycles. The Morgan fingerprint density at radius 2 is 2.00 bits per heavy atom. The Balaban J connectivity index is 1.92. The van der Waals surface area contributed by atoms with E-state index >= 15 is 0 Å². The lowest BCUT2D eigenvalue weighted by Crippen LogP contribution is -2.43. The number of hydrogen-bond donors (Lipinski definition) is 3. The third kappa shape index (κ3) is 2.06. The molecule has 0 aliphatic carbocycles. The lowest BCUT2D eigenvalue weighted by molar-refractivity contribution is 0.589. The Morgan fingerprint density at radius 3 is 2.86 bits per heavy atom. The lowest BCUT2D eigenvalue weighted by atomic mass is 10.0. The Kier molecular flexibility index (Phi) is 3.12. The van der Waals surface area contributed by atoms with Gasteiger partial charge in [-0.1, -0.05) is 6.07 Å². The number of H-pyrrole nitrogens is 1. The van der Waals surface area contributed by atoms with Gasteiger partial charge >= 0.3 is 0 Å². The predicted molar refractivity (Wildman–Crippen MR) is 86.6 cm³/mol. The van der Waals surface area contributed by atoms with Crippen LogP contribution in [0.25, 0.3) is 22.3 Å². The van der Waals surface area contributed by atoms with Crippen LogP contribution in [0, 0.1) is 0 Å². The summed E-state index contributed by atoms with van der Waals surface area (Å²) in [4.78, 5) is 11.0. The topological polar surface area (TPSA) is 95.7 Å². The second-order valence-electron chi connectivity index (χ2n) is 5.33. The molecule has 22 heavy (non-hydrogen) atoms. The molecule has 3 aromatic rings. The second kappa shape index (κ2) is 5.27. The fourth-order valence-electron chi connectivity index (χ4n) is 2.95. The van der Waals surface area contributed by atoms with Gasteiger partial charge in [-0.05, 0) is 12.1 Å². The Morgan fingerprint density at radius 1 is 1.14 bits per heavy atom. The van der Waals surface area contributed by atoms with Crippen LogP contribution in [0.5, 0.6) is 0 Å². The number of rotatable bonds is 2. The van der Waals surface area contributed by atoms with Crippen LogP contribution in [0.3, 0.4) is 0 Å². The molecule has 7 heteroatoms. The van der Waals surface area contributed by atoms with Crippen molar-refractivity contribution in [1.82, 2.24) is 25.5 Å². The minimum absolute atomic E-state index is 0.720. The molecule has 1 aromatic carbocycles. The first-order valence-electron chi connectivity index (χ1n) is 7.33. The fraction of sp³-hybridized carbons (Fsp3) is 0.267. The summed E-state index contributed by atoms with van der Waals surface area (Å²) in [5.74, 6) is 0. The summed E-state index contributed by atoms with van der Waals surface area (Å²) in [7, 11) is 0. The summed E-state index contributed by atoms with van der Waals surface area (Å²) in [5, 5.41) is 11.2.